The number of hydrogen-bond donors (Lipinski definition) is 0. The van der Waals surface area contributed by atoms with E-state index >= 15 is 0 Å². The minimum atomic E-state index is -4.28. The maximum absolute atomic E-state index is 12.6. The minimum absolute atomic E-state index is 0.138. The molecule has 0 aliphatic heterocycles. The summed E-state index contributed by atoms with van der Waals surface area (Å²) in [6, 6.07) is 5.51. The smallest absolute Gasteiger partial charge is 0.166 e. The van der Waals surface area contributed by atoms with Crippen LogP contribution in [0.4, 0.5) is 13.2 Å². The lowest BCUT2D eigenvalue weighted by Crippen LogP contribution is -2.21. The van der Waals surface area contributed by atoms with Crippen LogP contribution in [-0.4, -0.2) is 5.88 Å². The maximum atomic E-state index is 12.6. The van der Waals surface area contributed by atoms with Gasteiger partial charge < -0.3 is 0 Å². The van der Waals surface area contributed by atoms with E-state index in [1.165, 1.54) is 12.1 Å². The molecule has 0 amide bonds. The molecule has 0 saturated carbocycles. The van der Waals surface area contributed by atoms with Crippen LogP contribution in [0.3, 0.4) is 0 Å². The summed E-state index contributed by atoms with van der Waals surface area (Å²) in [5, 5.41) is 0. The number of halogens is 4. The van der Waals surface area contributed by atoms with Gasteiger partial charge in [0.15, 0.2) is 0 Å². The summed E-state index contributed by atoms with van der Waals surface area (Å²) in [4.78, 5) is 0. The van der Waals surface area contributed by atoms with Crippen molar-refractivity contribution in [2.24, 2.45) is 5.41 Å². The summed E-state index contributed by atoms with van der Waals surface area (Å²) in [6.45, 7) is 4.07. The Morgan fingerprint density at radius 3 is 2.39 bits per heavy atom. The van der Waals surface area contributed by atoms with Gasteiger partial charge in [-0.25, -0.2) is 0 Å². The third-order valence-corrected chi connectivity index (χ3v) is 3.71. The molecule has 0 aliphatic rings. The van der Waals surface area contributed by atoms with Crippen molar-refractivity contribution in [3.63, 3.8) is 0 Å². The molecule has 1 aromatic carbocycles. The summed E-state index contributed by atoms with van der Waals surface area (Å²) in [6.07, 6.45) is -1.82. The predicted molar refractivity (Wildman–Crippen MR) is 68.9 cm³/mol. The summed E-state index contributed by atoms with van der Waals surface area (Å²) in [5.41, 5.74) is -0.0320. The highest BCUT2D eigenvalue weighted by Gasteiger charge is 2.31. The van der Waals surface area contributed by atoms with Crippen LogP contribution < -0.4 is 0 Å². The molecule has 1 rings (SSSR count). The van der Waals surface area contributed by atoms with Gasteiger partial charge in [-0.05, 0) is 29.9 Å². The van der Waals surface area contributed by atoms with Crippen LogP contribution in [0, 0.1) is 5.41 Å². The standard InChI is InChI=1S/C14H18ClF3/c1-3-7-13(2,10-15)9-11-5-4-6-12(8-11)14(16,17)18/h4-6,8H,3,7,9-10H2,1-2H3. The van der Waals surface area contributed by atoms with E-state index in [0.717, 1.165) is 18.9 Å². The summed E-state index contributed by atoms with van der Waals surface area (Å²) >= 11 is 5.94. The topological polar surface area (TPSA) is 0 Å². The molecule has 0 saturated heterocycles. The average molecular weight is 279 g/mol. The fourth-order valence-electron chi connectivity index (χ4n) is 2.16. The predicted octanol–water partition coefficient (Wildman–Crippen LogP) is 5.29. The van der Waals surface area contributed by atoms with Crippen LogP contribution in [0.5, 0.6) is 0 Å². The lowest BCUT2D eigenvalue weighted by atomic mass is 9.81. The van der Waals surface area contributed by atoms with E-state index in [1.54, 1.807) is 6.07 Å². The molecule has 0 nitrogen and oxygen atoms in total. The Labute approximate surface area is 111 Å². The van der Waals surface area contributed by atoms with Crippen LogP contribution in [0.15, 0.2) is 24.3 Å². The van der Waals surface area contributed by atoms with Gasteiger partial charge in [-0.3, -0.25) is 0 Å². The zero-order chi connectivity index (χ0) is 13.8. The highest BCUT2D eigenvalue weighted by molar-refractivity contribution is 6.18. The molecule has 102 valence electrons. The monoisotopic (exact) mass is 278 g/mol. The molecular weight excluding hydrogens is 261 g/mol. The van der Waals surface area contributed by atoms with Crippen molar-refractivity contribution in [2.45, 2.75) is 39.3 Å². The Kier molecular flexibility index (Phi) is 5.09. The number of hydrogen-bond acceptors (Lipinski definition) is 0. The van der Waals surface area contributed by atoms with Gasteiger partial charge in [-0.1, -0.05) is 38.5 Å². The zero-order valence-corrected chi connectivity index (χ0v) is 11.4. The molecule has 0 spiro atoms. The van der Waals surface area contributed by atoms with Crippen LogP contribution >= 0.6 is 11.6 Å². The van der Waals surface area contributed by atoms with Gasteiger partial charge in [-0.2, -0.15) is 13.2 Å². The highest BCUT2D eigenvalue weighted by Crippen LogP contribution is 2.33. The summed E-state index contributed by atoms with van der Waals surface area (Å²) in [5.74, 6) is 0.455. The van der Waals surface area contributed by atoms with Crippen molar-refractivity contribution in [1.82, 2.24) is 0 Å². The molecule has 0 heterocycles. The van der Waals surface area contributed by atoms with Crippen LogP contribution in [0.25, 0.3) is 0 Å². The van der Waals surface area contributed by atoms with Gasteiger partial charge in [0.2, 0.25) is 0 Å². The van der Waals surface area contributed by atoms with E-state index in [-0.39, 0.29) is 5.41 Å². The van der Waals surface area contributed by atoms with Gasteiger partial charge in [0, 0.05) is 5.88 Å². The van der Waals surface area contributed by atoms with E-state index in [0.29, 0.717) is 17.9 Å². The second kappa shape index (κ2) is 5.96. The Morgan fingerprint density at radius 2 is 1.89 bits per heavy atom. The molecule has 0 aliphatic carbocycles. The van der Waals surface area contributed by atoms with Crippen molar-refractivity contribution in [3.8, 4) is 0 Å². The molecule has 4 heteroatoms. The largest absolute Gasteiger partial charge is 0.416 e. The van der Waals surface area contributed by atoms with Crippen LogP contribution in [0.1, 0.15) is 37.8 Å². The first kappa shape index (κ1) is 15.4. The minimum Gasteiger partial charge on any atom is -0.166 e. The number of alkyl halides is 4. The lowest BCUT2D eigenvalue weighted by Gasteiger charge is -2.27. The van der Waals surface area contributed by atoms with E-state index < -0.39 is 11.7 Å². The van der Waals surface area contributed by atoms with Gasteiger partial charge in [0.05, 0.1) is 5.56 Å². The van der Waals surface area contributed by atoms with E-state index in [2.05, 4.69) is 6.92 Å². The second-order valence-corrected chi connectivity index (χ2v) is 5.34. The van der Waals surface area contributed by atoms with Gasteiger partial charge in [-0.15, -0.1) is 11.6 Å². The first-order valence-electron chi connectivity index (χ1n) is 6.03. The Morgan fingerprint density at radius 1 is 1.22 bits per heavy atom. The number of rotatable bonds is 5. The fourth-order valence-corrected chi connectivity index (χ4v) is 2.38. The van der Waals surface area contributed by atoms with Crippen molar-refractivity contribution in [3.05, 3.63) is 35.4 Å². The SMILES string of the molecule is CCCC(C)(CCl)Cc1cccc(C(F)(F)F)c1. The second-order valence-electron chi connectivity index (χ2n) is 5.07. The number of benzene rings is 1. The molecule has 1 aromatic rings. The van der Waals surface area contributed by atoms with Crippen molar-refractivity contribution in [2.75, 3.05) is 5.88 Å². The molecule has 0 fully saturated rings. The van der Waals surface area contributed by atoms with Crippen LogP contribution in [-0.2, 0) is 12.6 Å². The first-order chi connectivity index (χ1) is 8.30. The molecule has 1 unspecified atom stereocenters. The average Bonchev–Trinajstić information content (AvgIpc) is 2.28. The Bertz CT molecular complexity index is 387. The van der Waals surface area contributed by atoms with Crippen LogP contribution in [0.2, 0.25) is 0 Å². The molecule has 18 heavy (non-hydrogen) atoms. The molecule has 0 bridgehead atoms. The normalized spacial score (nSPS) is 15.4. The van der Waals surface area contributed by atoms with Gasteiger partial charge in [0.25, 0.3) is 0 Å². The van der Waals surface area contributed by atoms with E-state index in [1.807, 2.05) is 6.92 Å². The third-order valence-electron chi connectivity index (χ3n) is 3.06. The summed E-state index contributed by atoms with van der Waals surface area (Å²) < 4.78 is 37.8. The highest BCUT2D eigenvalue weighted by atomic mass is 35.5. The molecule has 0 aromatic heterocycles. The van der Waals surface area contributed by atoms with E-state index in [4.69, 9.17) is 11.6 Å². The quantitative estimate of drug-likeness (QED) is 0.642. The molecule has 1 atom stereocenters. The van der Waals surface area contributed by atoms with Crippen molar-refractivity contribution < 1.29 is 13.2 Å². The molecule has 0 radical (unpaired) electrons. The van der Waals surface area contributed by atoms with E-state index in [9.17, 15) is 13.2 Å². The van der Waals surface area contributed by atoms with Crippen molar-refractivity contribution in [1.29, 1.82) is 0 Å². The molecular formula is C14H18ClF3. The zero-order valence-electron chi connectivity index (χ0n) is 10.6. The first-order valence-corrected chi connectivity index (χ1v) is 6.56. The summed E-state index contributed by atoms with van der Waals surface area (Å²) in [7, 11) is 0. The maximum Gasteiger partial charge on any atom is 0.416 e. The van der Waals surface area contributed by atoms with Gasteiger partial charge >= 0.3 is 6.18 Å². The third kappa shape index (κ3) is 4.20. The Balaban J connectivity index is 2.91. The van der Waals surface area contributed by atoms with Crippen molar-refractivity contribution >= 4 is 11.6 Å². The van der Waals surface area contributed by atoms with Gasteiger partial charge in [0.1, 0.15) is 0 Å². The lowest BCUT2D eigenvalue weighted by molar-refractivity contribution is -0.137. The fraction of sp³-hybridized carbons (Fsp3) is 0.571. The molecule has 0 N–H and O–H groups in total. The Hall–Kier alpha value is -0.700.